The predicted octanol–water partition coefficient (Wildman–Crippen LogP) is 3.38. The maximum absolute atomic E-state index is 12.8. The van der Waals surface area contributed by atoms with Gasteiger partial charge in [-0.2, -0.15) is 5.26 Å². The summed E-state index contributed by atoms with van der Waals surface area (Å²) in [5.74, 6) is -0.0586. The second-order valence-electron chi connectivity index (χ2n) is 4.35. The van der Waals surface area contributed by atoms with Crippen LogP contribution in [0.25, 0.3) is 6.08 Å². The summed E-state index contributed by atoms with van der Waals surface area (Å²) < 4.78 is 17.9. The smallest absolute Gasteiger partial charge is 0.248 e. The number of rotatable bonds is 5. The lowest BCUT2D eigenvalue weighted by atomic mass is 10.2. The minimum atomic E-state index is -0.319. The Balaban J connectivity index is 1.91. The highest BCUT2D eigenvalue weighted by atomic mass is 19.1. The van der Waals surface area contributed by atoms with Gasteiger partial charge < -0.3 is 10.1 Å². The maximum atomic E-state index is 12.8. The second-order valence-corrected chi connectivity index (χ2v) is 4.35. The number of benzene rings is 2. The van der Waals surface area contributed by atoms with E-state index in [1.54, 1.807) is 42.5 Å². The van der Waals surface area contributed by atoms with E-state index in [0.717, 1.165) is 5.56 Å². The molecule has 1 N–H and O–H groups in total. The molecular formula is C17H13FN2O2. The summed E-state index contributed by atoms with van der Waals surface area (Å²) in [6.45, 7) is -0.0217. The van der Waals surface area contributed by atoms with Crippen molar-refractivity contribution in [2.45, 2.75) is 0 Å². The van der Waals surface area contributed by atoms with Crippen molar-refractivity contribution in [3.05, 3.63) is 66.0 Å². The number of amides is 1. The van der Waals surface area contributed by atoms with Crippen molar-refractivity contribution in [3.63, 3.8) is 0 Å². The Bertz CT molecular complexity index is 701. The van der Waals surface area contributed by atoms with E-state index in [4.69, 9.17) is 10.00 Å². The molecule has 0 saturated heterocycles. The number of anilines is 1. The van der Waals surface area contributed by atoms with Gasteiger partial charge in [-0.25, -0.2) is 4.39 Å². The molecular weight excluding hydrogens is 283 g/mol. The number of nitrogens with one attached hydrogen (secondary N) is 1. The molecule has 0 spiro atoms. The molecule has 0 bridgehead atoms. The number of carbonyl (C=O) groups is 1. The van der Waals surface area contributed by atoms with Crippen LogP contribution < -0.4 is 10.1 Å². The molecule has 0 heterocycles. The van der Waals surface area contributed by atoms with E-state index in [2.05, 4.69) is 5.32 Å². The molecule has 0 saturated carbocycles. The van der Waals surface area contributed by atoms with Crippen LogP contribution in [0.15, 0.2) is 54.6 Å². The standard InChI is InChI=1S/C17H13FN2O2/c18-14-4-1-13(2-5-14)3-10-17(21)20-15-6-8-16(9-7-15)22-12-11-19/h1-10H,12H2,(H,20,21)/b10-3+. The van der Waals surface area contributed by atoms with Crippen molar-refractivity contribution in [3.8, 4) is 11.8 Å². The molecule has 2 aromatic carbocycles. The highest BCUT2D eigenvalue weighted by Crippen LogP contribution is 2.15. The first-order chi connectivity index (χ1) is 10.7. The fourth-order valence-electron chi connectivity index (χ4n) is 1.68. The molecule has 0 radical (unpaired) electrons. The van der Waals surface area contributed by atoms with Crippen LogP contribution in [0.1, 0.15) is 5.56 Å². The van der Waals surface area contributed by atoms with Crippen LogP contribution in [-0.4, -0.2) is 12.5 Å². The fraction of sp³-hybridized carbons (Fsp3) is 0.0588. The lowest BCUT2D eigenvalue weighted by molar-refractivity contribution is -0.111. The van der Waals surface area contributed by atoms with Gasteiger partial charge in [-0.15, -0.1) is 0 Å². The SMILES string of the molecule is N#CCOc1ccc(NC(=O)/C=C/c2ccc(F)cc2)cc1. The summed E-state index contributed by atoms with van der Waals surface area (Å²) in [5.41, 5.74) is 1.34. The normalized spacial score (nSPS) is 10.2. The quantitative estimate of drug-likeness (QED) is 0.860. The van der Waals surface area contributed by atoms with E-state index < -0.39 is 0 Å². The van der Waals surface area contributed by atoms with Gasteiger partial charge in [0.05, 0.1) is 0 Å². The molecule has 5 heteroatoms. The highest BCUT2D eigenvalue weighted by Gasteiger charge is 1.99. The zero-order valence-corrected chi connectivity index (χ0v) is 11.6. The first kappa shape index (κ1) is 15.3. The topological polar surface area (TPSA) is 62.1 Å². The van der Waals surface area contributed by atoms with Crippen LogP contribution in [0.2, 0.25) is 0 Å². The first-order valence-corrected chi connectivity index (χ1v) is 6.52. The largest absolute Gasteiger partial charge is 0.479 e. The molecule has 0 atom stereocenters. The molecule has 0 aliphatic carbocycles. The summed E-state index contributed by atoms with van der Waals surface area (Å²) in [5, 5.41) is 11.1. The molecule has 0 aliphatic heterocycles. The highest BCUT2D eigenvalue weighted by molar-refractivity contribution is 6.01. The van der Waals surface area contributed by atoms with Crippen molar-refractivity contribution in [1.29, 1.82) is 5.26 Å². The summed E-state index contributed by atoms with van der Waals surface area (Å²) in [6, 6.07) is 14.4. The molecule has 4 nitrogen and oxygen atoms in total. The summed E-state index contributed by atoms with van der Waals surface area (Å²) in [7, 11) is 0. The number of hydrogen-bond donors (Lipinski definition) is 1. The molecule has 2 aromatic rings. The van der Waals surface area contributed by atoms with Gasteiger partial charge in [0, 0.05) is 11.8 Å². The Kier molecular flexibility index (Phi) is 5.27. The molecule has 1 amide bonds. The van der Waals surface area contributed by atoms with Crippen LogP contribution in [-0.2, 0) is 4.79 Å². The molecule has 2 rings (SSSR count). The van der Waals surface area contributed by atoms with Gasteiger partial charge in [0.2, 0.25) is 5.91 Å². The van der Waals surface area contributed by atoms with E-state index in [9.17, 15) is 9.18 Å². The van der Waals surface area contributed by atoms with Crippen LogP contribution in [0.3, 0.4) is 0 Å². The Hall–Kier alpha value is -3.13. The minimum absolute atomic E-state index is 0.0217. The third-order valence-corrected chi connectivity index (χ3v) is 2.72. The van der Waals surface area contributed by atoms with Crippen molar-refractivity contribution in [2.24, 2.45) is 0 Å². The fourth-order valence-corrected chi connectivity index (χ4v) is 1.68. The Morgan fingerprint density at radius 1 is 1.18 bits per heavy atom. The third kappa shape index (κ3) is 4.76. The molecule has 0 unspecified atom stereocenters. The first-order valence-electron chi connectivity index (χ1n) is 6.52. The summed E-state index contributed by atoms with van der Waals surface area (Å²) in [4.78, 5) is 11.8. The van der Waals surface area contributed by atoms with Crippen molar-refractivity contribution in [2.75, 3.05) is 11.9 Å². The van der Waals surface area contributed by atoms with Crippen LogP contribution >= 0.6 is 0 Å². The molecule has 0 fully saturated rings. The molecule has 22 heavy (non-hydrogen) atoms. The number of nitrogens with zero attached hydrogens (tertiary/aromatic N) is 1. The Morgan fingerprint density at radius 2 is 1.86 bits per heavy atom. The van der Waals surface area contributed by atoms with Gasteiger partial charge in [-0.05, 0) is 48.0 Å². The van der Waals surface area contributed by atoms with Gasteiger partial charge in [-0.3, -0.25) is 4.79 Å². The van der Waals surface area contributed by atoms with Gasteiger partial charge in [0.25, 0.3) is 0 Å². The van der Waals surface area contributed by atoms with Gasteiger partial charge >= 0.3 is 0 Å². The maximum Gasteiger partial charge on any atom is 0.248 e. The zero-order chi connectivity index (χ0) is 15.8. The van der Waals surface area contributed by atoms with E-state index in [1.807, 2.05) is 6.07 Å². The number of hydrogen-bond acceptors (Lipinski definition) is 3. The van der Waals surface area contributed by atoms with Gasteiger partial charge in [0.1, 0.15) is 17.6 Å². The number of ether oxygens (including phenoxy) is 1. The van der Waals surface area contributed by atoms with Crippen LogP contribution in [0, 0.1) is 17.1 Å². The number of carbonyl (C=O) groups excluding carboxylic acids is 1. The third-order valence-electron chi connectivity index (χ3n) is 2.72. The van der Waals surface area contributed by atoms with Gasteiger partial charge in [-0.1, -0.05) is 12.1 Å². The number of halogens is 1. The molecule has 0 aromatic heterocycles. The van der Waals surface area contributed by atoms with Crippen LogP contribution in [0.5, 0.6) is 5.75 Å². The summed E-state index contributed by atoms with van der Waals surface area (Å²) >= 11 is 0. The van der Waals surface area contributed by atoms with E-state index in [1.165, 1.54) is 18.2 Å². The van der Waals surface area contributed by atoms with E-state index in [0.29, 0.717) is 11.4 Å². The van der Waals surface area contributed by atoms with E-state index in [-0.39, 0.29) is 18.3 Å². The van der Waals surface area contributed by atoms with E-state index >= 15 is 0 Å². The van der Waals surface area contributed by atoms with Crippen molar-refractivity contribution >= 4 is 17.7 Å². The number of nitriles is 1. The van der Waals surface area contributed by atoms with Crippen LogP contribution in [0.4, 0.5) is 10.1 Å². The minimum Gasteiger partial charge on any atom is -0.479 e. The molecule has 110 valence electrons. The lowest BCUT2D eigenvalue weighted by Crippen LogP contribution is -2.07. The average molecular weight is 296 g/mol. The molecule has 0 aliphatic rings. The van der Waals surface area contributed by atoms with Crippen molar-refractivity contribution in [1.82, 2.24) is 0 Å². The second kappa shape index (κ2) is 7.60. The predicted molar refractivity (Wildman–Crippen MR) is 81.6 cm³/mol. The average Bonchev–Trinajstić information content (AvgIpc) is 2.54. The van der Waals surface area contributed by atoms with Crippen molar-refractivity contribution < 1.29 is 13.9 Å². The Labute approximate surface area is 127 Å². The summed E-state index contributed by atoms with van der Waals surface area (Å²) in [6.07, 6.45) is 2.96. The Morgan fingerprint density at radius 3 is 2.50 bits per heavy atom. The zero-order valence-electron chi connectivity index (χ0n) is 11.6. The lowest BCUT2D eigenvalue weighted by Gasteiger charge is -2.04. The van der Waals surface area contributed by atoms with Gasteiger partial charge in [0.15, 0.2) is 6.61 Å². The monoisotopic (exact) mass is 296 g/mol.